The van der Waals surface area contributed by atoms with E-state index in [0.29, 0.717) is 0 Å². The van der Waals surface area contributed by atoms with Crippen molar-refractivity contribution >= 4 is 0 Å². The van der Waals surface area contributed by atoms with Gasteiger partial charge in [-0.1, -0.05) is 29.8 Å². The summed E-state index contributed by atoms with van der Waals surface area (Å²) in [6, 6.07) is 8.85. The van der Waals surface area contributed by atoms with Crippen LogP contribution in [0, 0.1) is 18.8 Å². The zero-order chi connectivity index (χ0) is 9.26. The predicted molar refractivity (Wildman–Crippen MR) is 55.5 cm³/mol. The summed E-state index contributed by atoms with van der Waals surface area (Å²) >= 11 is 0. The molecule has 0 amide bonds. The Morgan fingerprint density at radius 2 is 1.92 bits per heavy atom. The second-order valence-corrected chi connectivity index (χ2v) is 4.18. The van der Waals surface area contributed by atoms with Gasteiger partial charge in [0.2, 0.25) is 0 Å². The highest BCUT2D eigenvalue weighted by atomic mass is 14.6. The number of benzene rings is 1. The molecule has 1 aliphatic rings. The van der Waals surface area contributed by atoms with Crippen molar-refractivity contribution in [2.24, 2.45) is 17.6 Å². The smallest absolute Gasteiger partial charge is 0.00460 e. The van der Waals surface area contributed by atoms with Gasteiger partial charge in [-0.2, -0.15) is 0 Å². The van der Waals surface area contributed by atoms with Gasteiger partial charge in [-0.15, -0.1) is 0 Å². The van der Waals surface area contributed by atoms with Gasteiger partial charge in [0.25, 0.3) is 0 Å². The standard InChI is InChI=1S/C12H17N/c1-9-2-4-10(5-3-9)6-11-7-12(11)8-13/h2-5,11-12H,6-8,13H2,1H3. The molecule has 2 rings (SSSR count). The van der Waals surface area contributed by atoms with Crippen LogP contribution >= 0.6 is 0 Å². The molecule has 0 heterocycles. The van der Waals surface area contributed by atoms with Crippen LogP contribution in [-0.2, 0) is 6.42 Å². The molecule has 0 bridgehead atoms. The molecule has 0 spiro atoms. The van der Waals surface area contributed by atoms with Crippen molar-refractivity contribution in [1.29, 1.82) is 0 Å². The summed E-state index contributed by atoms with van der Waals surface area (Å²) in [4.78, 5) is 0. The third kappa shape index (κ3) is 2.10. The molecule has 0 aliphatic heterocycles. The van der Waals surface area contributed by atoms with Gasteiger partial charge in [0.05, 0.1) is 0 Å². The average Bonchev–Trinajstić information content (AvgIpc) is 2.88. The zero-order valence-electron chi connectivity index (χ0n) is 8.16. The van der Waals surface area contributed by atoms with E-state index in [1.54, 1.807) is 0 Å². The Hall–Kier alpha value is -0.820. The van der Waals surface area contributed by atoms with Gasteiger partial charge in [-0.3, -0.25) is 0 Å². The van der Waals surface area contributed by atoms with Crippen molar-refractivity contribution in [2.45, 2.75) is 19.8 Å². The van der Waals surface area contributed by atoms with Crippen molar-refractivity contribution in [1.82, 2.24) is 0 Å². The first kappa shape index (κ1) is 8.76. The molecular formula is C12H17N. The summed E-state index contributed by atoms with van der Waals surface area (Å²) in [7, 11) is 0. The topological polar surface area (TPSA) is 26.0 Å². The third-order valence-corrected chi connectivity index (χ3v) is 2.99. The molecule has 1 fully saturated rings. The summed E-state index contributed by atoms with van der Waals surface area (Å²) in [5.41, 5.74) is 8.41. The van der Waals surface area contributed by atoms with E-state index in [4.69, 9.17) is 5.73 Å². The minimum absolute atomic E-state index is 0.807. The Morgan fingerprint density at radius 3 is 2.46 bits per heavy atom. The monoisotopic (exact) mass is 175 g/mol. The van der Waals surface area contributed by atoms with Crippen LogP contribution in [0.15, 0.2) is 24.3 Å². The molecule has 1 aliphatic carbocycles. The van der Waals surface area contributed by atoms with Crippen LogP contribution in [0.4, 0.5) is 0 Å². The van der Waals surface area contributed by atoms with Crippen molar-refractivity contribution < 1.29 is 0 Å². The lowest BCUT2D eigenvalue weighted by Crippen LogP contribution is -2.03. The van der Waals surface area contributed by atoms with E-state index in [9.17, 15) is 0 Å². The molecule has 0 aromatic heterocycles. The molecule has 2 atom stereocenters. The van der Waals surface area contributed by atoms with Crippen LogP contribution in [0.2, 0.25) is 0 Å². The van der Waals surface area contributed by atoms with Crippen molar-refractivity contribution in [3.63, 3.8) is 0 Å². The van der Waals surface area contributed by atoms with Crippen LogP contribution in [0.5, 0.6) is 0 Å². The zero-order valence-corrected chi connectivity index (χ0v) is 8.16. The van der Waals surface area contributed by atoms with Crippen molar-refractivity contribution in [3.05, 3.63) is 35.4 Å². The minimum atomic E-state index is 0.807. The van der Waals surface area contributed by atoms with Gasteiger partial charge in [-0.05, 0) is 43.7 Å². The Morgan fingerprint density at radius 1 is 1.23 bits per heavy atom. The van der Waals surface area contributed by atoms with Crippen LogP contribution in [0.1, 0.15) is 17.5 Å². The fourth-order valence-corrected chi connectivity index (χ4v) is 1.88. The van der Waals surface area contributed by atoms with Crippen LogP contribution in [0.3, 0.4) is 0 Å². The van der Waals surface area contributed by atoms with Crippen LogP contribution < -0.4 is 5.73 Å². The van der Waals surface area contributed by atoms with E-state index in [1.807, 2.05) is 0 Å². The van der Waals surface area contributed by atoms with Gasteiger partial charge >= 0.3 is 0 Å². The highest BCUT2D eigenvalue weighted by Crippen LogP contribution is 2.39. The van der Waals surface area contributed by atoms with E-state index in [0.717, 1.165) is 18.4 Å². The summed E-state index contributed by atoms with van der Waals surface area (Å²) in [6.45, 7) is 3.00. The largest absolute Gasteiger partial charge is 0.330 e. The maximum absolute atomic E-state index is 5.60. The average molecular weight is 175 g/mol. The molecular weight excluding hydrogens is 158 g/mol. The number of hydrogen-bond donors (Lipinski definition) is 1. The summed E-state index contributed by atoms with van der Waals surface area (Å²) in [6.07, 6.45) is 2.56. The molecule has 1 aromatic carbocycles. The molecule has 1 heteroatoms. The molecule has 1 nitrogen and oxygen atoms in total. The molecule has 1 aromatic rings. The van der Waals surface area contributed by atoms with E-state index in [1.165, 1.54) is 24.0 Å². The van der Waals surface area contributed by atoms with Gasteiger partial charge in [-0.25, -0.2) is 0 Å². The quantitative estimate of drug-likeness (QED) is 0.748. The Balaban J connectivity index is 1.92. The maximum atomic E-state index is 5.60. The molecule has 2 N–H and O–H groups in total. The summed E-state index contributed by atoms with van der Waals surface area (Å²) in [5.74, 6) is 1.68. The Labute approximate surface area is 80.0 Å². The molecule has 70 valence electrons. The Kier molecular flexibility index (Phi) is 2.36. The summed E-state index contributed by atoms with van der Waals surface area (Å²) < 4.78 is 0. The number of aryl methyl sites for hydroxylation is 1. The van der Waals surface area contributed by atoms with E-state index < -0.39 is 0 Å². The van der Waals surface area contributed by atoms with Gasteiger partial charge in [0.1, 0.15) is 0 Å². The highest BCUT2D eigenvalue weighted by molar-refractivity contribution is 5.22. The number of rotatable bonds is 3. The van der Waals surface area contributed by atoms with Gasteiger partial charge < -0.3 is 5.73 Å². The van der Waals surface area contributed by atoms with Crippen molar-refractivity contribution in [3.8, 4) is 0 Å². The van der Waals surface area contributed by atoms with E-state index >= 15 is 0 Å². The fourth-order valence-electron chi connectivity index (χ4n) is 1.88. The first-order valence-corrected chi connectivity index (χ1v) is 5.05. The molecule has 0 radical (unpaired) electrons. The Bertz CT molecular complexity index is 276. The third-order valence-electron chi connectivity index (χ3n) is 2.99. The first-order chi connectivity index (χ1) is 6.29. The maximum Gasteiger partial charge on any atom is -0.00460 e. The minimum Gasteiger partial charge on any atom is -0.330 e. The SMILES string of the molecule is Cc1ccc(CC2CC2CN)cc1. The number of hydrogen-bond acceptors (Lipinski definition) is 1. The van der Waals surface area contributed by atoms with Gasteiger partial charge in [0, 0.05) is 0 Å². The normalized spacial score (nSPS) is 26.0. The number of nitrogens with two attached hydrogens (primary N) is 1. The van der Waals surface area contributed by atoms with Crippen LogP contribution in [0.25, 0.3) is 0 Å². The fraction of sp³-hybridized carbons (Fsp3) is 0.500. The molecule has 13 heavy (non-hydrogen) atoms. The van der Waals surface area contributed by atoms with E-state index in [2.05, 4.69) is 31.2 Å². The second-order valence-electron chi connectivity index (χ2n) is 4.18. The van der Waals surface area contributed by atoms with Gasteiger partial charge in [0.15, 0.2) is 0 Å². The second kappa shape index (κ2) is 3.51. The lowest BCUT2D eigenvalue weighted by molar-refractivity contribution is 0.704. The molecule has 0 saturated heterocycles. The lowest BCUT2D eigenvalue weighted by atomic mass is 10.1. The molecule has 2 unspecified atom stereocenters. The lowest BCUT2D eigenvalue weighted by Gasteiger charge is -2.00. The van der Waals surface area contributed by atoms with Crippen LogP contribution in [-0.4, -0.2) is 6.54 Å². The van der Waals surface area contributed by atoms with E-state index in [-0.39, 0.29) is 0 Å². The summed E-state index contributed by atoms with van der Waals surface area (Å²) in [5, 5.41) is 0. The highest BCUT2D eigenvalue weighted by Gasteiger charge is 2.35. The first-order valence-electron chi connectivity index (χ1n) is 5.05. The molecule has 1 saturated carbocycles. The van der Waals surface area contributed by atoms with Crippen molar-refractivity contribution in [2.75, 3.05) is 6.54 Å². The predicted octanol–water partition coefficient (Wildman–Crippen LogP) is 2.13.